The third kappa shape index (κ3) is 3.64. The van der Waals surface area contributed by atoms with Gasteiger partial charge in [-0.3, -0.25) is 0 Å². The Hall–Kier alpha value is -0.730. The van der Waals surface area contributed by atoms with Crippen molar-refractivity contribution in [2.24, 2.45) is 0 Å². The van der Waals surface area contributed by atoms with Gasteiger partial charge >= 0.3 is 0 Å². The molecule has 0 amide bonds. The highest BCUT2D eigenvalue weighted by Gasteiger charge is 2.10. The van der Waals surface area contributed by atoms with E-state index in [0.717, 1.165) is 24.2 Å². The number of benzene rings is 2. The van der Waals surface area contributed by atoms with Crippen LogP contribution in [0.4, 0.5) is 0 Å². The lowest BCUT2D eigenvalue weighted by molar-refractivity contribution is 0.727. The zero-order chi connectivity index (χ0) is 13.8. The van der Waals surface area contributed by atoms with Gasteiger partial charge in [0.1, 0.15) is 0 Å². The van der Waals surface area contributed by atoms with Gasteiger partial charge in [0.15, 0.2) is 0 Å². The summed E-state index contributed by atoms with van der Waals surface area (Å²) < 4.78 is 0. The van der Waals surface area contributed by atoms with Gasteiger partial charge in [-0.2, -0.15) is 0 Å². The lowest BCUT2D eigenvalue weighted by Gasteiger charge is -2.10. The molecule has 0 atom stereocenters. The van der Waals surface area contributed by atoms with Crippen LogP contribution in [-0.4, -0.2) is 6.54 Å². The van der Waals surface area contributed by atoms with Crippen LogP contribution in [0.3, 0.4) is 0 Å². The molecule has 1 N–H and O–H groups in total. The van der Waals surface area contributed by atoms with Gasteiger partial charge < -0.3 is 5.32 Å². The molecule has 2 aromatic rings. The van der Waals surface area contributed by atoms with Crippen LogP contribution in [0.2, 0.25) is 15.1 Å². The van der Waals surface area contributed by atoms with Crippen molar-refractivity contribution in [2.45, 2.75) is 13.5 Å². The van der Waals surface area contributed by atoms with Crippen molar-refractivity contribution in [3.8, 4) is 11.1 Å². The number of hydrogen-bond acceptors (Lipinski definition) is 1. The third-order valence-electron chi connectivity index (χ3n) is 2.80. The quantitative estimate of drug-likeness (QED) is 0.794. The summed E-state index contributed by atoms with van der Waals surface area (Å²) in [5, 5.41) is 4.97. The molecule has 0 saturated heterocycles. The molecule has 0 radical (unpaired) electrons. The molecule has 0 fully saturated rings. The molecule has 0 saturated carbocycles. The number of nitrogens with one attached hydrogen (secondary N) is 1. The molecule has 100 valence electrons. The van der Waals surface area contributed by atoms with E-state index in [1.165, 1.54) is 5.56 Å². The first-order valence-corrected chi connectivity index (χ1v) is 7.19. The molecule has 0 aliphatic rings. The SMILES string of the molecule is CCNCc1cccc(-c2c(Cl)cc(Cl)cc2Cl)c1. The predicted molar refractivity (Wildman–Crippen MR) is 84.3 cm³/mol. The molecular formula is C15H14Cl3N. The largest absolute Gasteiger partial charge is 0.313 e. The molecule has 2 rings (SSSR count). The van der Waals surface area contributed by atoms with E-state index in [-0.39, 0.29) is 0 Å². The van der Waals surface area contributed by atoms with Crippen molar-refractivity contribution in [1.82, 2.24) is 5.32 Å². The van der Waals surface area contributed by atoms with Crippen LogP contribution in [0.1, 0.15) is 12.5 Å². The standard InChI is InChI=1S/C15H14Cl3N/c1-2-19-9-10-4-3-5-11(6-10)15-13(17)7-12(16)8-14(15)18/h3-8,19H,2,9H2,1H3. The molecule has 1 nitrogen and oxygen atoms in total. The topological polar surface area (TPSA) is 12.0 Å². The molecule has 19 heavy (non-hydrogen) atoms. The van der Waals surface area contributed by atoms with E-state index >= 15 is 0 Å². The second-order valence-corrected chi connectivity index (χ2v) is 5.48. The zero-order valence-corrected chi connectivity index (χ0v) is 12.8. The smallest absolute Gasteiger partial charge is 0.0514 e. The van der Waals surface area contributed by atoms with Crippen molar-refractivity contribution in [1.29, 1.82) is 0 Å². The molecule has 0 unspecified atom stereocenters. The summed E-state index contributed by atoms with van der Waals surface area (Å²) >= 11 is 18.4. The van der Waals surface area contributed by atoms with Gasteiger partial charge in [0.05, 0.1) is 10.0 Å². The van der Waals surface area contributed by atoms with Crippen molar-refractivity contribution in [3.63, 3.8) is 0 Å². The summed E-state index contributed by atoms with van der Waals surface area (Å²) in [6.07, 6.45) is 0. The molecule has 2 aromatic carbocycles. The molecule has 0 aliphatic heterocycles. The first kappa shape index (κ1) is 14.7. The fourth-order valence-corrected chi connectivity index (χ4v) is 2.96. The normalized spacial score (nSPS) is 10.7. The Bertz CT molecular complexity index is 558. The Morgan fingerprint density at radius 1 is 1.00 bits per heavy atom. The van der Waals surface area contributed by atoms with Gasteiger partial charge in [-0.25, -0.2) is 0 Å². The van der Waals surface area contributed by atoms with Crippen molar-refractivity contribution in [3.05, 3.63) is 57.0 Å². The van der Waals surface area contributed by atoms with Crippen molar-refractivity contribution in [2.75, 3.05) is 6.54 Å². The number of rotatable bonds is 4. The van der Waals surface area contributed by atoms with Crippen molar-refractivity contribution < 1.29 is 0 Å². The summed E-state index contributed by atoms with van der Waals surface area (Å²) in [5.41, 5.74) is 3.02. The monoisotopic (exact) mass is 313 g/mol. The van der Waals surface area contributed by atoms with Gasteiger partial charge in [-0.15, -0.1) is 0 Å². The molecule has 0 aliphatic carbocycles. The van der Waals surface area contributed by atoms with E-state index in [9.17, 15) is 0 Å². The maximum atomic E-state index is 6.24. The van der Waals surface area contributed by atoms with Crippen LogP contribution in [-0.2, 0) is 6.54 Å². The average Bonchev–Trinajstić information content (AvgIpc) is 2.35. The summed E-state index contributed by atoms with van der Waals surface area (Å²) in [6, 6.07) is 11.6. The second kappa shape index (κ2) is 6.62. The minimum Gasteiger partial charge on any atom is -0.313 e. The van der Waals surface area contributed by atoms with Gasteiger partial charge in [0, 0.05) is 17.1 Å². The van der Waals surface area contributed by atoms with Crippen LogP contribution < -0.4 is 5.32 Å². The lowest BCUT2D eigenvalue weighted by atomic mass is 10.0. The zero-order valence-electron chi connectivity index (χ0n) is 10.5. The van der Waals surface area contributed by atoms with E-state index in [1.54, 1.807) is 12.1 Å². The maximum absolute atomic E-state index is 6.24. The summed E-state index contributed by atoms with van der Waals surface area (Å²) in [7, 11) is 0. The minimum atomic E-state index is 0.544. The van der Waals surface area contributed by atoms with E-state index in [1.807, 2.05) is 12.1 Å². The fraction of sp³-hybridized carbons (Fsp3) is 0.200. The molecule has 4 heteroatoms. The van der Waals surface area contributed by atoms with Crippen LogP contribution in [0, 0.1) is 0 Å². The highest BCUT2D eigenvalue weighted by Crippen LogP contribution is 2.37. The summed E-state index contributed by atoms with van der Waals surface area (Å²) in [6.45, 7) is 3.84. The fourth-order valence-electron chi connectivity index (χ4n) is 1.92. The van der Waals surface area contributed by atoms with E-state index < -0.39 is 0 Å². The highest BCUT2D eigenvalue weighted by molar-refractivity contribution is 6.41. The third-order valence-corrected chi connectivity index (χ3v) is 3.62. The first-order valence-electron chi connectivity index (χ1n) is 6.06. The highest BCUT2D eigenvalue weighted by atomic mass is 35.5. The Morgan fingerprint density at radius 3 is 2.32 bits per heavy atom. The van der Waals surface area contributed by atoms with Crippen LogP contribution >= 0.6 is 34.8 Å². The average molecular weight is 315 g/mol. The first-order chi connectivity index (χ1) is 9.11. The van der Waals surface area contributed by atoms with Crippen LogP contribution in [0.25, 0.3) is 11.1 Å². The van der Waals surface area contributed by atoms with E-state index in [4.69, 9.17) is 34.8 Å². The Labute approximate surface area is 128 Å². The molecule has 0 heterocycles. The van der Waals surface area contributed by atoms with Gasteiger partial charge in [-0.1, -0.05) is 59.9 Å². The summed E-state index contributed by atoms with van der Waals surface area (Å²) in [4.78, 5) is 0. The molecular weight excluding hydrogens is 301 g/mol. The van der Waals surface area contributed by atoms with E-state index in [2.05, 4.69) is 24.4 Å². The molecule has 0 spiro atoms. The second-order valence-electron chi connectivity index (χ2n) is 4.23. The molecule has 0 bridgehead atoms. The van der Waals surface area contributed by atoms with Crippen LogP contribution in [0.15, 0.2) is 36.4 Å². The Kier molecular flexibility index (Phi) is 5.12. The lowest BCUT2D eigenvalue weighted by Crippen LogP contribution is -2.11. The minimum absolute atomic E-state index is 0.544. The molecule has 0 aromatic heterocycles. The Morgan fingerprint density at radius 2 is 1.68 bits per heavy atom. The summed E-state index contributed by atoms with van der Waals surface area (Å²) in [5.74, 6) is 0. The van der Waals surface area contributed by atoms with Crippen LogP contribution in [0.5, 0.6) is 0 Å². The number of hydrogen-bond donors (Lipinski definition) is 1. The van der Waals surface area contributed by atoms with Gasteiger partial charge in [-0.05, 0) is 35.9 Å². The Balaban J connectivity index is 2.42. The maximum Gasteiger partial charge on any atom is 0.0514 e. The van der Waals surface area contributed by atoms with Gasteiger partial charge in [0.25, 0.3) is 0 Å². The number of halogens is 3. The predicted octanol–water partition coefficient (Wildman–Crippen LogP) is 5.42. The van der Waals surface area contributed by atoms with Crippen molar-refractivity contribution >= 4 is 34.8 Å². The van der Waals surface area contributed by atoms with Gasteiger partial charge in [0.2, 0.25) is 0 Å². The van der Waals surface area contributed by atoms with E-state index in [0.29, 0.717) is 15.1 Å².